The van der Waals surface area contributed by atoms with Crippen molar-refractivity contribution in [3.8, 4) is 0 Å². The molecule has 0 aromatic rings. The fourth-order valence-corrected chi connectivity index (χ4v) is 1.56. The largest absolute Gasteiger partial charge is 0.394 e. The van der Waals surface area contributed by atoms with Crippen LogP contribution in [0.3, 0.4) is 0 Å². The van der Waals surface area contributed by atoms with E-state index >= 15 is 0 Å². The molecule has 12 heteroatoms. The quantitative estimate of drug-likeness (QED) is 0.117. The molecule has 0 aliphatic carbocycles. The highest BCUT2D eigenvalue weighted by molar-refractivity contribution is 5.83. The summed E-state index contributed by atoms with van der Waals surface area (Å²) in [5.41, 5.74) is 9.32. The van der Waals surface area contributed by atoms with Gasteiger partial charge in [0.05, 0.1) is 38.5 Å². The van der Waals surface area contributed by atoms with Crippen LogP contribution >= 0.6 is 0 Å². The van der Waals surface area contributed by atoms with Gasteiger partial charge in [0, 0.05) is 19.0 Å². The molecule has 0 heterocycles. The highest BCUT2D eigenvalue weighted by Gasteiger charge is 2.15. The van der Waals surface area contributed by atoms with E-state index < -0.39 is 11.5 Å². The third-order valence-electron chi connectivity index (χ3n) is 3.48. The van der Waals surface area contributed by atoms with Crippen molar-refractivity contribution in [1.29, 1.82) is 0 Å². The van der Waals surface area contributed by atoms with E-state index in [1.165, 1.54) is 0 Å². The molecule has 0 bridgehead atoms. The normalized spacial score (nSPS) is 10.7. The fraction of sp³-hybridized carbons (Fsp3) is 0.818. The predicted octanol–water partition coefficient (Wildman–Crippen LogP) is -0.988. The van der Waals surface area contributed by atoms with Crippen molar-refractivity contribution in [1.82, 2.24) is 16.0 Å². The van der Waals surface area contributed by atoms with Gasteiger partial charge >= 0.3 is 0 Å². The molecule has 0 spiro atoms. The molecule has 12 nitrogen and oxygen atoms in total. The summed E-state index contributed by atoms with van der Waals surface area (Å²) in [6.45, 7) is 14.1. The molecule has 0 aliphatic rings. The standard InChI is InChI=1S/C8H16N2O2.C7H15NO3.C5H12N2O2.C2H6/c1-6(2)3-4-8(12)10-5-7(9)11;1-7(2,5-9)11-4-3-8-6-10;1-4(3-8)7-5(9)2-6;1-2/h6H,3-5H2,1-2H3,(H2,9,11)(H,10,12);6,9H,3-5H2,1-2H3,(H,8,10);4,8H,2-3,6H2,1H3,(H,7,9);1-2H3. The number of carbonyl (C=O) groups is 4. The summed E-state index contributed by atoms with van der Waals surface area (Å²) in [7, 11) is 0. The van der Waals surface area contributed by atoms with Crippen LogP contribution in [0.25, 0.3) is 0 Å². The highest BCUT2D eigenvalue weighted by Crippen LogP contribution is 2.05. The van der Waals surface area contributed by atoms with Crippen LogP contribution in [0.5, 0.6) is 0 Å². The van der Waals surface area contributed by atoms with Gasteiger partial charge in [0.15, 0.2) is 0 Å². The lowest BCUT2D eigenvalue weighted by Crippen LogP contribution is -2.38. The van der Waals surface area contributed by atoms with Crippen LogP contribution in [0.1, 0.15) is 61.3 Å². The molecule has 0 fully saturated rings. The Labute approximate surface area is 204 Å². The first-order valence-electron chi connectivity index (χ1n) is 11.4. The number of rotatable bonds is 14. The molecular weight excluding hydrogens is 446 g/mol. The molecule has 0 radical (unpaired) electrons. The Morgan fingerprint density at radius 1 is 1.09 bits per heavy atom. The van der Waals surface area contributed by atoms with E-state index in [0.717, 1.165) is 6.42 Å². The lowest BCUT2D eigenvalue weighted by atomic mass is 10.1. The number of carbonyl (C=O) groups excluding carboxylic acids is 4. The van der Waals surface area contributed by atoms with E-state index in [2.05, 4.69) is 16.0 Å². The Morgan fingerprint density at radius 2 is 1.65 bits per heavy atom. The molecule has 34 heavy (non-hydrogen) atoms. The molecule has 1 unspecified atom stereocenters. The second-order valence-electron chi connectivity index (χ2n) is 7.87. The van der Waals surface area contributed by atoms with Crippen LogP contribution in [0.2, 0.25) is 0 Å². The minimum Gasteiger partial charge on any atom is -0.394 e. The highest BCUT2D eigenvalue weighted by atomic mass is 16.5. The number of nitrogens with one attached hydrogen (secondary N) is 3. The van der Waals surface area contributed by atoms with Crippen molar-refractivity contribution in [3.63, 3.8) is 0 Å². The summed E-state index contributed by atoms with van der Waals surface area (Å²) in [4.78, 5) is 41.4. The number of hydrogen-bond donors (Lipinski definition) is 7. The van der Waals surface area contributed by atoms with E-state index in [1.54, 1.807) is 20.8 Å². The Morgan fingerprint density at radius 3 is 2.03 bits per heavy atom. The molecule has 1 atom stereocenters. The van der Waals surface area contributed by atoms with Gasteiger partial charge in [-0.3, -0.25) is 19.2 Å². The zero-order valence-corrected chi connectivity index (χ0v) is 22.0. The van der Waals surface area contributed by atoms with Crippen LogP contribution in [0.15, 0.2) is 0 Å². The Balaban J connectivity index is -0.000000193. The van der Waals surface area contributed by atoms with Crippen molar-refractivity contribution in [2.24, 2.45) is 17.4 Å². The van der Waals surface area contributed by atoms with E-state index in [0.29, 0.717) is 31.9 Å². The van der Waals surface area contributed by atoms with Gasteiger partial charge in [-0.15, -0.1) is 0 Å². The van der Waals surface area contributed by atoms with E-state index in [9.17, 15) is 19.2 Å². The van der Waals surface area contributed by atoms with Gasteiger partial charge in [0.25, 0.3) is 0 Å². The van der Waals surface area contributed by atoms with Gasteiger partial charge in [-0.2, -0.15) is 0 Å². The molecule has 0 saturated carbocycles. The molecule has 4 amide bonds. The molecule has 204 valence electrons. The fourth-order valence-electron chi connectivity index (χ4n) is 1.56. The number of amides is 4. The SMILES string of the molecule is CC.CC(C)(CO)OCCNC=O.CC(C)CCC(=O)NCC(N)=O.CC(CO)NC(=O)CN. The van der Waals surface area contributed by atoms with Gasteiger partial charge in [0.2, 0.25) is 24.1 Å². The average Bonchev–Trinajstić information content (AvgIpc) is 2.81. The second kappa shape index (κ2) is 27.0. The van der Waals surface area contributed by atoms with Gasteiger partial charge < -0.3 is 42.4 Å². The second-order valence-corrected chi connectivity index (χ2v) is 7.87. The third kappa shape index (κ3) is 37.1. The number of nitrogens with two attached hydrogens (primary N) is 2. The summed E-state index contributed by atoms with van der Waals surface area (Å²) in [5, 5.41) is 24.5. The number of hydrogen-bond acceptors (Lipinski definition) is 8. The lowest BCUT2D eigenvalue weighted by molar-refractivity contribution is -0.125. The van der Waals surface area contributed by atoms with E-state index in [4.69, 9.17) is 26.4 Å². The van der Waals surface area contributed by atoms with Crippen molar-refractivity contribution in [3.05, 3.63) is 0 Å². The number of primary amides is 1. The van der Waals surface area contributed by atoms with Gasteiger partial charge in [0.1, 0.15) is 0 Å². The van der Waals surface area contributed by atoms with Crippen LogP contribution in [-0.2, 0) is 23.9 Å². The Bertz CT molecular complexity index is 518. The lowest BCUT2D eigenvalue weighted by Gasteiger charge is -2.22. The van der Waals surface area contributed by atoms with Gasteiger partial charge in [-0.05, 0) is 33.1 Å². The number of aliphatic hydroxyl groups excluding tert-OH is 2. The zero-order valence-electron chi connectivity index (χ0n) is 22.0. The summed E-state index contributed by atoms with van der Waals surface area (Å²) in [6, 6.07) is -0.193. The maximum Gasteiger partial charge on any atom is 0.236 e. The topological polar surface area (TPSA) is 206 Å². The maximum atomic E-state index is 10.9. The van der Waals surface area contributed by atoms with E-state index in [-0.39, 0.29) is 44.2 Å². The first kappa shape index (κ1) is 39.0. The number of aliphatic hydroxyl groups is 2. The smallest absolute Gasteiger partial charge is 0.236 e. The zero-order chi connectivity index (χ0) is 27.6. The summed E-state index contributed by atoms with van der Waals surface area (Å²) >= 11 is 0. The predicted molar refractivity (Wildman–Crippen MR) is 133 cm³/mol. The van der Waals surface area contributed by atoms with E-state index in [1.807, 2.05) is 27.7 Å². The molecular formula is C22H49N5O7. The Hall–Kier alpha value is -2.28. The minimum absolute atomic E-state index is 0.0198. The molecule has 0 saturated heterocycles. The summed E-state index contributed by atoms with van der Waals surface area (Å²) in [6.07, 6.45) is 1.92. The minimum atomic E-state index is -0.509. The van der Waals surface area contributed by atoms with Gasteiger partial charge in [-0.25, -0.2) is 0 Å². The van der Waals surface area contributed by atoms with Gasteiger partial charge in [-0.1, -0.05) is 27.7 Å². The van der Waals surface area contributed by atoms with Crippen molar-refractivity contribution in [2.45, 2.75) is 73.0 Å². The van der Waals surface area contributed by atoms with Crippen LogP contribution in [0, 0.1) is 5.92 Å². The number of ether oxygens (including phenoxy) is 1. The third-order valence-corrected chi connectivity index (χ3v) is 3.48. The van der Waals surface area contributed by atoms with Crippen molar-refractivity contribution >= 4 is 24.1 Å². The molecule has 9 N–H and O–H groups in total. The molecule has 0 aromatic heterocycles. The van der Waals surface area contributed by atoms with Crippen molar-refractivity contribution < 1.29 is 34.1 Å². The van der Waals surface area contributed by atoms with Crippen LogP contribution in [-0.4, -0.2) is 85.4 Å². The maximum absolute atomic E-state index is 10.9. The monoisotopic (exact) mass is 495 g/mol. The molecule has 0 rings (SSSR count). The summed E-state index contributed by atoms with van der Waals surface area (Å²) in [5.74, 6) is -0.351. The first-order chi connectivity index (χ1) is 15.8. The molecule has 0 aromatic carbocycles. The average molecular weight is 496 g/mol. The van der Waals surface area contributed by atoms with Crippen LogP contribution < -0.4 is 27.4 Å². The van der Waals surface area contributed by atoms with Crippen LogP contribution in [0.4, 0.5) is 0 Å². The summed E-state index contributed by atoms with van der Waals surface area (Å²) < 4.78 is 5.21. The first-order valence-corrected chi connectivity index (χ1v) is 11.4. The van der Waals surface area contributed by atoms with Crippen molar-refractivity contribution in [2.75, 3.05) is 39.5 Å². The Kier molecular flexibility index (Phi) is 30.9. The molecule has 0 aliphatic heterocycles.